The van der Waals surface area contributed by atoms with Crippen LogP contribution in [0.5, 0.6) is 0 Å². The zero-order chi connectivity index (χ0) is 8.97. The van der Waals surface area contributed by atoms with Crippen LogP contribution in [0.1, 0.15) is 5.69 Å². The highest BCUT2D eigenvalue weighted by Crippen LogP contribution is 2.13. The monoisotopic (exact) mass is 229 g/mol. The molecular weight excluding hydrogens is 222 g/mol. The van der Waals surface area contributed by atoms with E-state index in [1.54, 1.807) is 12.3 Å². The molecule has 0 atom stereocenters. The average molecular weight is 230 g/mol. The summed E-state index contributed by atoms with van der Waals surface area (Å²) in [6.07, 6.45) is 1.82. The molecule has 1 aromatic rings. The Hall–Kier alpha value is -0.940. The van der Waals surface area contributed by atoms with Crippen molar-refractivity contribution in [3.8, 4) is 0 Å². The highest BCUT2D eigenvalue weighted by Gasteiger charge is 2.04. The van der Waals surface area contributed by atoms with E-state index in [2.05, 4.69) is 20.9 Å². The number of hydrogen-bond acceptors (Lipinski definition) is 3. The number of halogens is 1. The third kappa shape index (κ3) is 2.28. The summed E-state index contributed by atoms with van der Waals surface area (Å²) < 4.78 is 0.814. The molecule has 0 bridgehead atoms. The molecule has 0 aliphatic rings. The first-order valence-electron chi connectivity index (χ1n) is 3.33. The summed E-state index contributed by atoms with van der Waals surface area (Å²) in [5.74, 6) is 4.67. The standard InChI is InChI=1S/C7H8BrN3O/c8-5-2-1-3-10-6(5)4-7(12)11-9/h1-3H,4,9H2,(H,11,12). The van der Waals surface area contributed by atoms with Crippen molar-refractivity contribution in [2.24, 2.45) is 5.84 Å². The molecule has 5 heteroatoms. The van der Waals surface area contributed by atoms with Crippen molar-refractivity contribution in [2.75, 3.05) is 0 Å². The molecule has 3 N–H and O–H groups in total. The Balaban J connectivity index is 2.75. The molecule has 1 aromatic heterocycles. The largest absolute Gasteiger partial charge is 0.294 e. The van der Waals surface area contributed by atoms with Crippen LogP contribution < -0.4 is 11.3 Å². The van der Waals surface area contributed by atoms with Crippen LogP contribution >= 0.6 is 15.9 Å². The van der Waals surface area contributed by atoms with Crippen molar-refractivity contribution in [1.29, 1.82) is 0 Å². The topological polar surface area (TPSA) is 68.0 Å². The Morgan fingerprint density at radius 2 is 2.50 bits per heavy atom. The number of nitrogens with two attached hydrogens (primary N) is 1. The first kappa shape index (κ1) is 9.15. The third-order valence-corrected chi connectivity index (χ3v) is 2.05. The minimum atomic E-state index is -0.255. The van der Waals surface area contributed by atoms with Crippen molar-refractivity contribution in [2.45, 2.75) is 6.42 Å². The van der Waals surface area contributed by atoms with Crippen LogP contribution in [-0.2, 0) is 11.2 Å². The second-order valence-electron chi connectivity index (χ2n) is 2.18. The van der Waals surface area contributed by atoms with Gasteiger partial charge in [-0.25, -0.2) is 5.84 Å². The van der Waals surface area contributed by atoms with E-state index in [0.29, 0.717) is 5.69 Å². The first-order chi connectivity index (χ1) is 5.74. The lowest BCUT2D eigenvalue weighted by Gasteiger charge is -2.00. The van der Waals surface area contributed by atoms with Gasteiger partial charge in [0.1, 0.15) is 0 Å². The Kier molecular flexibility index (Phi) is 3.19. The fraction of sp³-hybridized carbons (Fsp3) is 0.143. The molecular formula is C7H8BrN3O. The zero-order valence-electron chi connectivity index (χ0n) is 6.25. The molecule has 0 radical (unpaired) electrons. The van der Waals surface area contributed by atoms with Gasteiger partial charge in [-0.3, -0.25) is 15.2 Å². The lowest BCUT2D eigenvalue weighted by molar-refractivity contribution is -0.120. The summed E-state index contributed by atoms with van der Waals surface area (Å²) in [4.78, 5) is 14.8. The Bertz CT molecular complexity index is 290. The van der Waals surface area contributed by atoms with Gasteiger partial charge in [0.05, 0.1) is 12.1 Å². The molecule has 1 heterocycles. The average Bonchev–Trinajstić information content (AvgIpc) is 2.09. The second kappa shape index (κ2) is 4.18. The summed E-state index contributed by atoms with van der Waals surface area (Å²) in [6, 6.07) is 3.61. The summed E-state index contributed by atoms with van der Waals surface area (Å²) in [7, 11) is 0. The molecule has 0 saturated carbocycles. The normalized spacial score (nSPS) is 9.50. The molecule has 0 saturated heterocycles. The van der Waals surface area contributed by atoms with Gasteiger partial charge in [-0.2, -0.15) is 0 Å². The number of nitrogens with one attached hydrogen (secondary N) is 1. The lowest BCUT2D eigenvalue weighted by Crippen LogP contribution is -2.31. The van der Waals surface area contributed by atoms with Crippen LogP contribution in [0.2, 0.25) is 0 Å². The minimum absolute atomic E-state index is 0.192. The quantitative estimate of drug-likeness (QED) is 0.438. The van der Waals surface area contributed by atoms with E-state index in [0.717, 1.165) is 4.47 Å². The lowest BCUT2D eigenvalue weighted by atomic mass is 10.3. The van der Waals surface area contributed by atoms with Gasteiger partial charge >= 0.3 is 0 Å². The molecule has 4 nitrogen and oxygen atoms in total. The summed E-state index contributed by atoms with van der Waals surface area (Å²) >= 11 is 3.27. The maximum Gasteiger partial charge on any atom is 0.239 e. The van der Waals surface area contributed by atoms with Crippen LogP contribution in [0.15, 0.2) is 22.8 Å². The summed E-state index contributed by atoms with van der Waals surface area (Å²) in [5, 5.41) is 0. The fourth-order valence-corrected chi connectivity index (χ4v) is 1.15. The smallest absolute Gasteiger partial charge is 0.239 e. The Morgan fingerprint density at radius 3 is 3.08 bits per heavy atom. The van der Waals surface area contributed by atoms with Crippen molar-refractivity contribution in [3.63, 3.8) is 0 Å². The number of nitrogens with zero attached hydrogens (tertiary/aromatic N) is 1. The number of hydrazine groups is 1. The molecule has 0 aliphatic carbocycles. The van der Waals surface area contributed by atoms with Gasteiger partial charge in [0, 0.05) is 10.7 Å². The van der Waals surface area contributed by atoms with Gasteiger partial charge in [0.15, 0.2) is 0 Å². The van der Waals surface area contributed by atoms with Gasteiger partial charge in [0.2, 0.25) is 5.91 Å². The van der Waals surface area contributed by atoms with Crippen LogP contribution in [0.3, 0.4) is 0 Å². The number of carbonyl (C=O) groups excluding carboxylic acids is 1. The highest BCUT2D eigenvalue weighted by atomic mass is 79.9. The van der Waals surface area contributed by atoms with Crippen LogP contribution in [0, 0.1) is 0 Å². The van der Waals surface area contributed by atoms with E-state index in [4.69, 9.17) is 5.84 Å². The summed E-state index contributed by atoms with van der Waals surface area (Å²) in [6.45, 7) is 0. The van der Waals surface area contributed by atoms with E-state index in [1.165, 1.54) is 0 Å². The van der Waals surface area contributed by atoms with Gasteiger partial charge in [-0.1, -0.05) is 0 Å². The fourth-order valence-electron chi connectivity index (χ4n) is 0.752. The van der Waals surface area contributed by atoms with Crippen molar-refractivity contribution >= 4 is 21.8 Å². The predicted octanol–water partition coefficient (Wildman–Crippen LogP) is 0.377. The number of pyridine rings is 1. The van der Waals surface area contributed by atoms with Gasteiger partial charge in [-0.05, 0) is 28.1 Å². The van der Waals surface area contributed by atoms with Crippen molar-refractivity contribution < 1.29 is 4.79 Å². The Labute approximate surface area is 78.3 Å². The number of amides is 1. The maximum atomic E-state index is 10.8. The maximum absolute atomic E-state index is 10.8. The van der Waals surface area contributed by atoms with E-state index < -0.39 is 0 Å². The van der Waals surface area contributed by atoms with Crippen molar-refractivity contribution in [1.82, 2.24) is 10.4 Å². The molecule has 0 unspecified atom stereocenters. The van der Waals surface area contributed by atoms with Gasteiger partial charge in [0.25, 0.3) is 0 Å². The highest BCUT2D eigenvalue weighted by molar-refractivity contribution is 9.10. The van der Waals surface area contributed by atoms with E-state index in [-0.39, 0.29) is 12.3 Å². The van der Waals surface area contributed by atoms with E-state index >= 15 is 0 Å². The zero-order valence-corrected chi connectivity index (χ0v) is 7.84. The van der Waals surface area contributed by atoms with E-state index in [9.17, 15) is 4.79 Å². The third-order valence-electron chi connectivity index (χ3n) is 1.32. The molecule has 0 aliphatic heterocycles. The second-order valence-corrected chi connectivity index (χ2v) is 3.03. The number of carbonyl (C=O) groups is 1. The Morgan fingerprint density at radius 1 is 1.75 bits per heavy atom. The van der Waals surface area contributed by atoms with E-state index in [1.807, 2.05) is 11.5 Å². The summed E-state index contributed by atoms with van der Waals surface area (Å²) in [5.41, 5.74) is 2.72. The SMILES string of the molecule is NNC(=O)Cc1ncccc1Br. The molecule has 0 fully saturated rings. The minimum Gasteiger partial charge on any atom is -0.294 e. The molecule has 12 heavy (non-hydrogen) atoms. The van der Waals surface area contributed by atoms with Gasteiger partial charge < -0.3 is 0 Å². The van der Waals surface area contributed by atoms with Gasteiger partial charge in [-0.15, -0.1) is 0 Å². The number of hydrogen-bond donors (Lipinski definition) is 2. The predicted molar refractivity (Wildman–Crippen MR) is 48.0 cm³/mol. The van der Waals surface area contributed by atoms with Crippen LogP contribution in [0.25, 0.3) is 0 Å². The van der Waals surface area contributed by atoms with Crippen LogP contribution in [0.4, 0.5) is 0 Å². The number of rotatable bonds is 2. The first-order valence-corrected chi connectivity index (χ1v) is 4.12. The molecule has 1 rings (SSSR count). The molecule has 0 spiro atoms. The molecule has 64 valence electrons. The molecule has 1 amide bonds. The molecule has 0 aromatic carbocycles. The van der Waals surface area contributed by atoms with Crippen LogP contribution in [-0.4, -0.2) is 10.9 Å². The number of aromatic nitrogens is 1. The van der Waals surface area contributed by atoms with Crippen molar-refractivity contribution in [3.05, 3.63) is 28.5 Å².